The van der Waals surface area contributed by atoms with Gasteiger partial charge in [-0.3, -0.25) is 4.79 Å². The highest BCUT2D eigenvalue weighted by molar-refractivity contribution is 7.13. The van der Waals surface area contributed by atoms with Gasteiger partial charge < -0.3 is 11.1 Å². The third-order valence-corrected chi connectivity index (χ3v) is 3.25. The Balaban J connectivity index is 1.85. The van der Waals surface area contributed by atoms with Crippen LogP contribution in [-0.2, 0) is 17.8 Å². The van der Waals surface area contributed by atoms with Crippen molar-refractivity contribution >= 4 is 34.0 Å². The number of amides is 1. The van der Waals surface area contributed by atoms with Crippen molar-refractivity contribution in [3.05, 3.63) is 45.9 Å². The molecular weight excluding hydrogens is 270 g/mol. The molecule has 0 radical (unpaired) electrons. The SMILES string of the molecule is Nc1nc(CNC(=O)Cc2cccc(Cl)c2)cs1. The molecule has 1 aromatic carbocycles. The molecule has 3 N–H and O–H groups in total. The molecule has 2 aromatic rings. The lowest BCUT2D eigenvalue weighted by Crippen LogP contribution is -2.24. The maximum atomic E-state index is 11.7. The van der Waals surface area contributed by atoms with Crippen molar-refractivity contribution in [1.29, 1.82) is 0 Å². The number of anilines is 1. The number of halogens is 1. The minimum absolute atomic E-state index is 0.0659. The average molecular weight is 282 g/mol. The van der Waals surface area contributed by atoms with Gasteiger partial charge in [-0.25, -0.2) is 4.98 Å². The smallest absolute Gasteiger partial charge is 0.224 e. The normalized spacial score (nSPS) is 10.3. The summed E-state index contributed by atoms with van der Waals surface area (Å²) in [5, 5.41) is 5.76. The monoisotopic (exact) mass is 281 g/mol. The Hall–Kier alpha value is -1.59. The van der Waals surface area contributed by atoms with Crippen LogP contribution < -0.4 is 11.1 Å². The fraction of sp³-hybridized carbons (Fsp3) is 0.167. The number of thiazole rings is 1. The van der Waals surface area contributed by atoms with E-state index in [1.807, 2.05) is 17.5 Å². The number of rotatable bonds is 4. The maximum absolute atomic E-state index is 11.7. The topological polar surface area (TPSA) is 68.0 Å². The number of benzene rings is 1. The number of aromatic nitrogens is 1. The Morgan fingerprint density at radius 2 is 2.33 bits per heavy atom. The number of carbonyl (C=O) groups excluding carboxylic acids is 1. The minimum atomic E-state index is -0.0659. The van der Waals surface area contributed by atoms with Gasteiger partial charge in [0.2, 0.25) is 5.91 Å². The van der Waals surface area contributed by atoms with Crippen molar-refractivity contribution in [2.24, 2.45) is 0 Å². The summed E-state index contributed by atoms with van der Waals surface area (Å²) < 4.78 is 0. The van der Waals surface area contributed by atoms with Crippen molar-refractivity contribution in [1.82, 2.24) is 10.3 Å². The first-order valence-corrected chi connectivity index (χ1v) is 6.60. The van der Waals surface area contributed by atoms with Crippen LogP contribution in [0.2, 0.25) is 5.02 Å². The minimum Gasteiger partial charge on any atom is -0.375 e. The van der Waals surface area contributed by atoms with Crippen molar-refractivity contribution in [2.75, 3.05) is 5.73 Å². The van der Waals surface area contributed by atoms with E-state index in [2.05, 4.69) is 10.3 Å². The van der Waals surface area contributed by atoms with Crippen molar-refractivity contribution in [3.63, 3.8) is 0 Å². The zero-order chi connectivity index (χ0) is 13.0. The molecular formula is C12H12ClN3OS. The predicted molar refractivity (Wildman–Crippen MR) is 73.5 cm³/mol. The van der Waals surface area contributed by atoms with Gasteiger partial charge in [-0.1, -0.05) is 23.7 Å². The Labute approximate surface area is 114 Å². The second-order valence-electron chi connectivity index (χ2n) is 3.76. The highest BCUT2D eigenvalue weighted by Gasteiger charge is 2.05. The third kappa shape index (κ3) is 3.72. The van der Waals surface area contributed by atoms with Crippen LogP contribution >= 0.6 is 22.9 Å². The highest BCUT2D eigenvalue weighted by atomic mass is 35.5. The molecule has 0 aliphatic heterocycles. The lowest BCUT2D eigenvalue weighted by atomic mass is 10.1. The Morgan fingerprint density at radius 1 is 1.50 bits per heavy atom. The van der Waals surface area contributed by atoms with E-state index in [4.69, 9.17) is 17.3 Å². The first kappa shape index (κ1) is 12.9. The molecule has 0 unspecified atom stereocenters. The largest absolute Gasteiger partial charge is 0.375 e. The first-order valence-electron chi connectivity index (χ1n) is 5.34. The van der Waals surface area contributed by atoms with E-state index < -0.39 is 0 Å². The number of nitrogens with zero attached hydrogens (tertiary/aromatic N) is 1. The van der Waals surface area contributed by atoms with Crippen LogP contribution in [0, 0.1) is 0 Å². The molecule has 1 heterocycles. The van der Waals surface area contributed by atoms with Gasteiger partial charge in [-0.15, -0.1) is 11.3 Å². The van der Waals surface area contributed by atoms with E-state index >= 15 is 0 Å². The molecule has 18 heavy (non-hydrogen) atoms. The van der Waals surface area contributed by atoms with Gasteiger partial charge in [0, 0.05) is 10.4 Å². The number of nitrogens with two attached hydrogens (primary N) is 1. The molecule has 0 bridgehead atoms. The summed E-state index contributed by atoms with van der Waals surface area (Å²) in [5.41, 5.74) is 7.17. The summed E-state index contributed by atoms with van der Waals surface area (Å²) in [6.07, 6.45) is 0.306. The van der Waals surface area contributed by atoms with Crippen LogP contribution in [0.1, 0.15) is 11.3 Å². The molecule has 1 amide bonds. The van der Waals surface area contributed by atoms with Crippen LogP contribution in [0.3, 0.4) is 0 Å². The van der Waals surface area contributed by atoms with Crippen LogP contribution in [-0.4, -0.2) is 10.9 Å². The fourth-order valence-corrected chi connectivity index (χ4v) is 2.26. The number of nitrogen functional groups attached to an aromatic ring is 1. The molecule has 0 saturated heterocycles. The molecule has 0 aliphatic carbocycles. The van der Waals surface area contributed by atoms with E-state index in [-0.39, 0.29) is 5.91 Å². The van der Waals surface area contributed by atoms with Crippen molar-refractivity contribution in [2.45, 2.75) is 13.0 Å². The maximum Gasteiger partial charge on any atom is 0.224 e. The van der Waals surface area contributed by atoms with Gasteiger partial charge in [0.15, 0.2) is 5.13 Å². The fourth-order valence-electron chi connectivity index (χ4n) is 1.49. The standard InChI is InChI=1S/C12H12ClN3OS/c13-9-3-1-2-8(4-9)5-11(17)15-6-10-7-18-12(14)16-10/h1-4,7H,5-6H2,(H2,14,16)(H,15,17). The molecule has 0 aliphatic rings. The number of nitrogens with one attached hydrogen (secondary N) is 1. The van der Waals surface area contributed by atoms with Gasteiger partial charge in [-0.2, -0.15) is 0 Å². The molecule has 4 nitrogen and oxygen atoms in total. The van der Waals surface area contributed by atoms with Gasteiger partial charge in [-0.05, 0) is 17.7 Å². The van der Waals surface area contributed by atoms with Gasteiger partial charge in [0.05, 0.1) is 18.7 Å². The van der Waals surface area contributed by atoms with Crippen molar-refractivity contribution in [3.8, 4) is 0 Å². The summed E-state index contributed by atoms with van der Waals surface area (Å²) in [7, 11) is 0. The average Bonchev–Trinajstić information content (AvgIpc) is 2.73. The van der Waals surface area contributed by atoms with Gasteiger partial charge >= 0.3 is 0 Å². The molecule has 0 atom stereocenters. The van der Waals surface area contributed by atoms with E-state index in [1.165, 1.54) is 11.3 Å². The van der Waals surface area contributed by atoms with Crippen LogP contribution in [0.15, 0.2) is 29.6 Å². The van der Waals surface area contributed by atoms with E-state index in [9.17, 15) is 4.79 Å². The van der Waals surface area contributed by atoms with E-state index in [1.54, 1.807) is 12.1 Å². The molecule has 1 aromatic heterocycles. The second kappa shape index (κ2) is 5.84. The molecule has 94 valence electrons. The lowest BCUT2D eigenvalue weighted by Gasteiger charge is -2.03. The molecule has 6 heteroatoms. The Morgan fingerprint density at radius 3 is 3.00 bits per heavy atom. The summed E-state index contributed by atoms with van der Waals surface area (Å²) in [6, 6.07) is 7.25. The van der Waals surface area contributed by atoms with Crippen molar-refractivity contribution < 1.29 is 4.79 Å². The second-order valence-corrected chi connectivity index (χ2v) is 5.09. The molecule has 2 rings (SSSR count). The number of hydrogen-bond acceptors (Lipinski definition) is 4. The zero-order valence-electron chi connectivity index (χ0n) is 9.52. The van der Waals surface area contributed by atoms with Crippen LogP contribution in [0.5, 0.6) is 0 Å². The van der Waals surface area contributed by atoms with Gasteiger partial charge in [0.1, 0.15) is 0 Å². The molecule has 0 fully saturated rings. The summed E-state index contributed by atoms with van der Waals surface area (Å²) >= 11 is 7.21. The summed E-state index contributed by atoms with van der Waals surface area (Å²) in [4.78, 5) is 15.8. The van der Waals surface area contributed by atoms with Gasteiger partial charge in [0.25, 0.3) is 0 Å². The third-order valence-electron chi connectivity index (χ3n) is 2.29. The predicted octanol–water partition coefficient (Wildman–Crippen LogP) is 2.24. The number of hydrogen-bond donors (Lipinski definition) is 2. The quantitative estimate of drug-likeness (QED) is 0.903. The highest BCUT2D eigenvalue weighted by Crippen LogP contribution is 2.12. The first-order chi connectivity index (χ1) is 8.63. The zero-order valence-corrected chi connectivity index (χ0v) is 11.1. The van der Waals surface area contributed by atoms with Crippen LogP contribution in [0.4, 0.5) is 5.13 Å². The lowest BCUT2D eigenvalue weighted by molar-refractivity contribution is -0.120. The number of carbonyl (C=O) groups is 1. The Kier molecular flexibility index (Phi) is 4.17. The van der Waals surface area contributed by atoms with Crippen LogP contribution in [0.25, 0.3) is 0 Å². The summed E-state index contributed by atoms with van der Waals surface area (Å²) in [5.74, 6) is -0.0659. The molecule has 0 spiro atoms. The van der Waals surface area contributed by atoms with E-state index in [0.717, 1.165) is 11.3 Å². The molecule has 0 saturated carbocycles. The van der Waals surface area contributed by atoms with E-state index in [0.29, 0.717) is 23.1 Å². The Bertz CT molecular complexity index is 556. The summed E-state index contributed by atoms with van der Waals surface area (Å²) in [6.45, 7) is 0.396.